The van der Waals surface area contributed by atoms with E-state index in [1.807, 2.05) is 30.9 Å². The molecule has 1 fully saturated rings. The lowest BCUT2D eigenvalue weighted by Crippen LogP contribution is -2.50. The molecule has 0 atom stereocenters. The van der Waals surface area contributed by atoms with Crippen molar-refractivity contribution in [2.45, 2.75) is 40.5 Å². The number of anilines is 2. The van der Waals surface area contributed by atoms with Crippen LogP contribution in [0.1, 0.15) is 40.5 Å². The first-order chi connectivity index (χ1) is 12.3. The minimum absolute atomic E-state index is 0.0170. The predicted molar refractivity (Wildman–Crippen MR) is 108 cm³/mol. The fourth-order valence-corrected chi connectivity index (χ4v) is 3.32. The monoisotopic (exact) mass is 379 g/mol. The maximum atomic E-state index is 12.1. The van der Waals surface area contributed by atoms with E-state index in [0.717, 1.165) is 30.9 Å². The Balaban J connectivity index is 1.94. The molecule has 0 bridgehead atoms. The molecule has 0 aliphatic carbocycles. The summed E-state index contributed by atoms with van der Waals surface area (Å²) < 4.78 is 0. The van der Waals surface area contributed by atoms with Gasteiger partial charge in [-0.15, -0.1) is 0 Å². The Morgan fingerprint density at radius 2 is 1.77 bits per heavy atom. The van der Waals surface area contributed by atoms with Crippen LogP contribution in [0.4, 0.5) is 11.4 Å². The normalized spacial score (nSPS) is 14.9. The summed E-state index contributed by atoms with van der Waals surface area (Å²) in [6, 6.07) is 5.64. The number of carbonyl (C=O) groups is 2. The summed E-state index contributed by atoms with van der Waals surface area (Å²) >= 11 is 6.45. The molecule has 0 radical (unpaired) electrons. The molecule has 1 saturated heterocycles. The van der Waals surface area contributed by atoms with Gasteiger partial charge in [0.15, 0.2) is 0 Å². The standard InChI is InChI=1S/C20H30ClN3O2/c1-14(2)5-8-19(25)22-16-6-7-18(17(21)13-16)23-9-11-24(12-10-23)20(26)15(3)4/h6-7,13-15H,5,8-12H2,1-4H3,(H,22,25). The van der Waals surface area contributed by atoms with Crippen LogP contribution in [0.5, 0.6) is 0 Å². The van der Waals surface area contributed by atoms with Crippen LogP contribution in [0.15, 0.2) is 18.2 Å². The first-order valence-electron chi connectivity index (χ1n) is 9.41. The van der Waals surface area contributed by atoms with Crippen molar-refractivity contribution >= 4 is 34.8 Å². The highest BCUT2D eigenvalue weighted by Crippen LogP contribution is 2.30. The molecule has 1 heterocycles. The number of halogens is 1. The Morgan fingerprint density at radius 3 is 2.31 bits per heavy atom. The molecule has 144 valence electrons. The summed E-state index contributed by atoms with van der Waals surface area (Å²) in [6.45, 7) is 11.0. The quantitative estimate of drug-likeness (QED) is 0.812. The summed E-state index contributed by atoms with van der Waals surface area (Å²) in [7, 11) is 0. The van der Waals surface area contributed by atoms with Crippen LogP contribution < -0.4 is 10.2 Å². The fraction of sp³-hybridized carbons (Fsp3) is 0.600. The first-order valence-corrected chi connectivity index (χ1v) is 9.79. The second-order valence-corrected chi connectivity index (χ2v) is 8.02. The van der Waals surface area contributed by atoms with Gasteiger partial charge in [0.05, 0.1) is 10.7 Å². The average Bonchev–Trinajstić information content (AvgIpc) is 2.59. The lowest BCUT2D eigenvalue weighted by molar-refractivity contribution is -0.134. The van der Waals surface area contributed by atoms with E-state index in [9.17, 15) is 9.59 Å². The molecular formula is C20H30ClN3O2. The lowest BCUT2D eigenvalue weighted by atomic mass is 10.1. The second-order valence-electron chi connectivity index (χ2n) is 7.61. The number of amides is 2. The number of nitrogens with one attached hydrogen (secondary N) is 1. The van der Waals surface area contributed by atoms with Gasteiger partial charge >= 0.3 is 0 Å². The van der Waals surface area contributed by atoms with Crippen molar-refractivity contribution in [2.24, 2.45) is 11.8 Å². The average molecular weight is 380 g/mol. The number of carbonyl (C=O) groups excluding carboxylic acids is 2. The van der Waals surface area contributed by atoms with Gasteiger partial charge in [-0.3, -0.25) is 9.59 Å². The molecule has 1 aromatic carbocycles. The van der Waals surface area contributed by atoms with Gasteiger partial charge in [-0.25, -0.2) is 0 Å². The highest BCUT2D eigenvalue weighted by molar-refractivity contribution is 6.33. The Kier molecular flexibility index (Phi) is 7.33. The van der Waals surface area contributed by atoms with Crippen molar-refractivity contribution in [1.82, 2.24) is 4.90 Å². The molecule has 1 aliphatic rings. The third-order valence-corrected chi connectivity index (χ3v) is 4.91. The largest absolute Gasteiger partial charge is 0.367 e. The van der Waals surface area contributed by atoms with Gasteiger partial charge in [0.2, 0.25) is 11.8 Å². The topological polar surface area (TPSA) is 52.7 Å². The van der Waals surface area contributed by atoms with Gasteiger partial charge < -0.3 is 15.1 Å². The lowest BCUT2D eigenvalue weighted by Gasteiger charge is -2.37. The van der Waals surface area contributed by atoms with Crippen LogP contribution in [0.3, 0.4) is 0 Å². The first kappa shape index (κ1) is 20.6. The number of nitrogens with zero attached hydrogens (tertiary/aromatic N) is 2. The molecule has 26 heavy (non-hydrogen) atoms. The summed E-state index contributed by atoms with van der Waals surface area (Å²) in [5.41, 5.74) is 1.67. The minimum Gasteiger partial charge on any atom is -0.367 e. The van der Waals surface area contributed by atoms with E-state index < -0.39 is 0 Å². The zero-order chi connectivity index (χ0) is 19.3. The van der Waals surface area contributed by atoms with Crippen LogP contribution in [0.25, 0.3) is 0 Å². The van der Waals surface area contributed by atoms with Gasteiger partial charge in [0.25, 0.3) is 0 Å². The summed E-state index contributed by atoms with van der Waals surface area (Å²) in [6.07, 6.45) is 1.39. The SMILES string of the molecule is CC(C)CCC(=O)Nc1ccc(N2CCN(C(=O)C(C)C)CC2)c(Cl)c1. The van der Waals surface area contributed by atoms with E-state index in [2.05, 4.69) is 24.1 Å². The zero-order valence-electron chi connectivity index (χ0n) is 16.2. The van der Waals surface area contributed by atoms with Gasteiger partial charge in [-0.1, -0.05) is 39.3 Å². The number of hydrogen-bond acceptors (Lipinski definition) is 3. The van der Waals surface area contributed by atoms with E-state index in [1.165, 1.54) is 0 Å². The molecule has 0 unspecified atom stereocenters. The van der Waals surface area contributed by atoms with Crippen molar-refractivity contribution < 1.29 is 9.59 Å². The highest BCUT2D eigenvalue weighted by atomic mass is 35.5. The molecule has 2 amide bonds. The third kappa shape index (κ3) is 5.63. The zero-order valence-corrected chi connectivity index (χ0v) is 17.0. The van der Waals surface area contributed by atoms with E-state index in [1.54, 1.807) is 6.07 Å². The van der Waals surface area contributed by atoms with E-state index in [4.69, 9.17) is 11.6 Å². The van der Waals surface area contributed by atoms with Gasteiger partial charge in [-0.2, -0.15) is 0 Å². The molecule has 6 heteroatoms. The van der Waals surface area contributed by atoms with Crippen molar-refractivity contribution in [2.75, 3.05) is 36.4 Å². The molecular weight excluding hydrogens is 350 g/mol. The van der Waals surface area contributed by atoms with Crippen molar-refractivity contribution in [3.05, 3.63) is 23.2 Å². The second kappa shape index (κ2) is 9.26. The van der Waals surface area contributed by atoms with E-state index in [0.29, 0.717) is 30.5 Å². The van der Waals surface area contributed by atoms with Crippen molar-refractivity contribution in [1.29, 1.82) is 0 Å². The molecule has 1 aromatic rings. The number of hydrogen-bond donors (Lipinski definition) is 1. The smallest absolute Gasteiger partial charge is 0.225 e. The third-order valence-electron chi connectivity index (χ3n) is 4.61. The molecule has 5 nitrogen and oxygen atoms in total. The van der Waals surface area contributed by atoms with Gasteiger partial charge in [-0.05, 0) is 30.5 Å². The molecule has 1 aliphatic heterocycles. The Labute approximate surface area is 161 Å². The van der Waals surface area contributed by atoms with E-state index in [-0.39, 0.29) is 17.7 Å². The van der Waals surface area contributed by atoms with Crippen molar-refractivity contribution in [3.63, 3.8) is 0 Å². The maximum Gasteiger partial charge on any atom is 0.225 e. The van der Waals surface area contributed by atoms with Crippen LogP contribution in [0.2, 0.25) is 5.02 Å². The van der Waals surface area contributed by atoms with E-state index >= 15 is 0 Å². The summed E-state index contributed by atoms with van der Waals surface area (Å²) in [5.74, 6) is 0.759. The minimum atomic E-state index is 0.0170. The fourth-order valence-electron chi connectivity index (χ4n) is 3.02. The number of piperazine rings is 1. The van der Waals surface area contributed by atoms with Crippen LogP contribution >= 0.6 is 11.6 Å². The predicted octanol–water partition coefficient (Wildman–Crippen LogP) is 4.02. The maximum absolute atomic E-state index is 12.1. The molecule has 0 spiro atoms. The summed E-state index contributed by atoms with van der Waals surface area (Å²) in [4.78, 5) is 28.2. The molecule has 1 N–H and O–H groups in total. The van der Waals surface area contributed by atoms with Gasteiger partial charge in [0.1, 0.15) is 0 Å². The number of benzene rings is 1. The Hall–Kier alpha value is -1.75. The Morgan fingerprint density at radius 1 is 1.12 bits per heavy atom. The van der Waals surface area contributed by atoms with Crippen LogP contribution in [-0.2, 0) is 9.59 Å². The molecule has 0 saturated carbocycles. The summed E-state index contributed by atoms with van der Waals surface area (Å²) in [5, 5.41) is 3.53. The van der Waals surface area contributed by atoms with Gasteiger partial charge in [0, 0.05) is 44.2 Å². The highest BCUT2D eigenvalue weighted by Gasteiger charge is 2.24. The Bertz CT molecular complexity index is 638. The number of rotatable bonds is 6. The van der Waals surface area contributed by atoms with Crippen molar-refractivity contribution in [3.8, 4) is 0 Å². The van der Waals surface area contributed by atoms with Crippen LogP contribution in [-0.4, -0.2) is 42.9 Å². The molecule has 0 aromatic heterocycles. The molecule has 2 rings (SSSR count). The van der Waals surface area contributed by atoms with Crippen LogP contribution in [0, 0.1) is 11.8 Å².